The van der Waals surface area contributed by atoms with Gasteiger partial charge in [0, 0.05) is 12.2 Å². The van der Waals surface area contributed by atoms with Crippen molar-refractivity contribution in [2.24, 2.45) is 0 Å². The van der Waals surface area contributed by atoms with Gasteiger partial charge in [0.2, 0.25) is 0 Å². The molecule has 0 fully saturated rings. The largest absolute Gasteiger partial charge is 0.545 e. The Kier molecular flexibility index (Phi) is 6.26. The third-order valence-corrected chi connectivity index (χ3v) is 3.84. The first-order valence-corrected chi connectivity index (χ1v) is 8.00. The van der Waals surface area contributed by atoms with Gasteiger partial charge in [-0.1, -0.05) is 24.8 Å². The first kappa shape index (κ1) is 17.9. The zero-order valence-corrected chi connectivity index (χ0v) is 14.8. The van der Waals surface area contributed by atoms with E-state index in [0.717, 1.165) is 15.7 Å². The Bertz CT molecular complexity index is 729. The van der Waals surface area contributed by atoms with E-state index in [0.29, 0.717) is 24.7 Å². The smallest absolute Gasteiger partial charge is 0.175 e. The first-order valence-electron chi connectivity index (χ1n) is 7.20. The number of carbonyl (C=O) groups is 1. The van der Waals surface area contributed by atoms with Crippen molar-refractivity contribution in [3.63, 3.8) is 0 Å². The maximum Gasteiger partial charge on any atom is 0.175 e. The maximum atomic E-state index is 10.7. The molecule has 5 nitrogen and oxygen atoms in total. The molecule has 0 bridgehead atoms. The number of nitrogens with one attached hydrogen (secondary N) is 1. The molecule has 0 aliphatic heterocycles. The van der Waals surface area contributed by atoms with Gasteiger partial charge in [-0.05, 0) is 51.3 Å². The van der Waals surface area contributed by atoms with Gasteiger partial charge in [-0.2, -0.15) is 0 Å². The van der Waals surface area contributed by atoms with Crippen LogP contribution in [0, 0.1) is 0 Å². The Hall–Kier alpha value is -2.47. The minimum Gasteiger partial charge on any atom is -0.545 e. The van der Waals surface area contributed by atoms with Gasteiger partial charge in [-0.3, -0.25) is 0 Å². The van der Waals surface area contributed by atoms with Crippen molar-refractivity contribution < 1.29 is 19.4 Å². The van der Waals surface area contributed by atoms with E-state index in [1.807, 2.05) is 12.1 Å². The Balaban J connectivity index is 2.10. The molecule has 0 saturated heterocycles. The maximum absolute atomic E-state index is 10.7. The molecule has 0 aliphatic rings. The van der Waals surface area contributed by atoms with Crippen molar-refractivity contribution in [1.82, 2.24) is 0 Å². The van der Waals surface area contributed by atoms with Gasteiger partial charge in [0.25, 0.3) is 0 Å². The van der Waals surface area contributed by atoms with Crippen LogP contribution in [0.15, 0.2) is 53.5 Å². The summed E-state index contributed by atoms with van der Waals surface area (Å²) in [6, 6.07) is 10.2. The van der Waals surface area contributed by atoms with Gasteiger partial charge in [0.15, 0.2) is 11.5 Å². The van der Waals surface area contributed by atoms with E-state index in [-0.39, 0.29) is 5.56 Å². The van der Waals surface area contributed by atoms with Gasteiger partial charge < -0.3 is 24.7 Å². The van der Waals surface area contributed by atoms with Crippen molar-refractivity contribution in [3.8, 4) is 11.5 Å². The number of hydrogen-bond donors (Lipinski definition) is 1. The Labute approximate surface area is 149 Å². The number of benzene rings is 2. The van der Waals surface area contributed by atoms with Crippen molar-refractivity contribution in [2.75, 3.05) is 19.0 Å². The number of methoxy groups -OCH3 is 1. The van der Waals surface area contributed by atoms with Gasteiger partial charge in [0.05, 0.1) is 17.6 Å². The van der Waals surface area contributed by atoms with Crippen LogP contribution >= 0.6 is 15.9 Å². The van der Waals surface area contributed by atoms with Crippen LogP contribution in [0.5, 0.6) is 11.5 Å². The highest BCUT2D eigenvalue weighted by Crippen LogP contribution is 2.36. The summed E-state index contributed by atoms with van der Waals surface area (Å²) in [4.78, 5) is 10.7. The fourth-order valence-corrected chi connectivity index (χ4v) is 2.69. The average molecular weight is 391 g/mol. The van der Waals surface area contributed by atoms with E-state index in [4.69, 9.17) is 9.47 Å². The van der Waals surface area contributed by atoms with Crippen LogP contribution in [-0.4, -0.2) is 19.7 Å². The van der Waals surface area contributed by atoms with E-state index in [1.54, 1.807) is 25.3 Å². The predicted octanol–water partition coefficient (Wildman–Crippen LogP) is 3.00. The molecule has 2 aromatic rings. The fraction of sp³-hybridized carbons (Fsp3) is 0.167. The molecule has 2 aromatic carbocycles. The summed E-state index contributed by atoms with van der Waals surface area (Å²) in [6.45, 7) is 4.56. The molecule has 0 radical (unpaired) electrons. The number of aromatic carboxylic acids is 1. The zero-order valence-electron chi connectivity index (χ0n) is 13.2. The van der Waals surface area contributed by atoms with Crippen LogP contribution in [0.1, 0.15) is 15.9 Å². The van der Waals surface area contributed by atoms with Gasteiger partial charge in [-0.15, -0.1) is 0 Å². The Morgan fingerprint density at radius 3 is 2.62 bits per heavy atom. The molecular formula is C18H17BrNO4-. The molecule has 6 heteroatoms. The minimum absolute atomic E-state index is 0.147. The number of ether oxygens (including phenoxy) is 2. The lowest BCUT2D eigenvalue weighted by atomic mass is 10.1. The molecule has 0 unspecified atom stereocenters. The standard InChI is InChI=1S/C18H18BrNO4/c1-3-8-24-17-15(19)9-12(10-16(17)23-2)11-20-14-6-4-13(5-7-14)18(21)22/h3-7,9-10,20H,1,8,11H2,2H3,(H,21,22)/p-1. The molecule has 0 aromatic heterocycles. The van der Waals surface area contributed by atoms with Crippen molar-refractivity contribution in [1.29, 1.82) is 0 Å². The van der Waals surface area contributed by atoms with Gasteiger partial charge in [-0.25, -0.2) is 0 Å². The van der Waals surface area contributed by atoms with Gasteiger partial charge in [0.1, 0.15) is 6.61 Å². The second kappa shape index (κ2) is 8.40. The average Bonchev–Trinajstić information content (AvgIpc) is 2.58. The van der Waals surface area contributed by atoms with Crippen LogP contribution in [0.4, 0.5) is 5.69 Å². The molecule has 2 rings (SSSR count). The number of halogens is 1. The molecule has 126 valence electrons. The number of anilines is 1. The molecule has 0 atom stereocenters. The molecule has 24 heavy (non-hydrogen) atoms. The van der Waals surface area contributed by atoms with E-state index < -0.39 is 5.97 Å². The van der Waals surface area contributed by atoms with E-state index >= 15 is 0 Å². The highest BCUT2D eigenvalue weighted by atomic mass is 79.9. The number of carboxylic acids is 1. The summed E-state index contributed by atoms with van der Waals surface area (Å²) in [5.41, 5.74) is 1.93. The van der Waals surface area contributed by atoms with Gasteiger partial charge >= 0.3 is 0 Å². The Morgan fingerprint density at radius 2 is 2.04 bits per heavy atom. The SMILES string of the molecule is C=CCOc1c(Br)cc(CNc2ccc(C(=O)[O-])cc2)cc1OC. The predicted molar refractivity (Wildman–Crippen MR) is 94.5 cm³/mol. The summed E-state index contributed by atoms with van der Waals surface area (Å²) < 4.78 is 11.7. The highest BCUT2D eigenvalue weighted by molar-refractivity contribution is 9.10. The number of hydrogen-bond acceptors (Lipinski definition) is 5. The summed E-state index contributed by atoms with van der Waals surface area (Å²) >= 11 is 3.48. The Morgan fingerprint density at radius 1 is 1.33 bits per heavy atom. The quantitative estimate of drug-likeness (QED) is 0.701. The fourth-order valence-electron chi connectivity index (χ4n) is 2.09. The third-order valence-electron chi connectivity index (χ3n) is 3.25. The van der Waals surface area contributed by atoms with Crippen molar-refractivity contribution in [3.05, 3.63) is 64.7 Å². The second-order valence-electron chi connectivity index (χ2n) is 4.93. The summed E-state index contributed by atoms with van der Waals surface area (Å²) in [6.07, 6.45) is 1.66. The van der Waals surface area contributed by atoms with E-state index in [9.17, 15) is 9.90 Å². The van der Waals surface area contributed by atoms with Crippen LogP contribution in [0.2, 0.25) is 0 Å². The van der Waals surface area contributed by atoms with Crippen molar-refractivity contribution >= 4 is 27.6 Å². The topological polar surface area (TPSA) is 70.6 Å². The van der Waals surface area contributed by atoms with Crippen LogP contribution in [0.25, 0.3) is 0 Å². The second-order valence-corrected chi connectivity index (χ2v) is 5.78. The summed E-state index contributed by atoms with van der Waals surface area (Å²) in [7, 11) is 1.58. The summed E-state index contributed by atoms with van der Waals surface area (Å²) in [5.74, 6) is 0.0557. The third kappa shape index (κ3) is 4.52. The molecule has 0 heterocycles. The molecule has 0 aliphatic carbocycles. The first-order chi connectivity index (χ1) is 11.5. The highest BCUT2D eigenvalue weighted by Gasteiger charge is 2.11. The lowest BCUT2D eigenvalue weighted by Crippen LogP contribution is -2.21. The zero-order chi connectivity index (χ0) is 17.5. The molecule has 0 spiro atoms. The molecular weight excluding hydrogens is 374 g/mol. The van der Waals surface area contributed by atoms with Crippen LogP contribution < -0.4 is 19.9 Å². The number of carbonyl (C=O) groups excluding carboxylic acids is 1. The van der Waals surface area contributed by atoms with E-state index in [1.165, 1.54) is 12.1 Å². The van der Waals surface area contributed by atoms with E-state index in [2.05, 4.69) is 27.8 Å². The van der Waals surface area contributed by atoms with Crippen LogP contribution in [0.3, 0.4) is 0 Å². The number of carboxylic acid groups (broad SMARTS) is 1. The van der Waals surface area contributed by atoms with Crippen molar-refractivity contribution in [2.45, 2.75) is 6.54 Å². The lowest BCUT2D eigenvalue weighted by Gasteiger charge is -2.14. The normalized spacial score (nSPS) is 10.1. The molecule has 0 saturated carbocycles. The number of rotatable bonds is 8. The molecule has 1 N–H and O–H groups in total. The van der Waals surface area contributed by atoms with Crippen LogP contribution in [-0.2, 0) is 6.54 Å². The lowest BCUT2D eigenvalue weighted by molar-refractivity contribution is -0.255. The molecule has 0 amide bonds. The minimum atomic E-state index is -1.19. The monoisotopic (exact) mass is 390 g/mol. The summed E-state index contributed by atoms with van der Waals surface area (Å²) in [5, 5.41) is 14.0.